The van der Waals surface area contributed by atoms with E-state index in [0.29, 0.717) is 16.4 Å². The molecule has 0 fully saturated rings. The van der Waals surface area contributed by atoms with E-state index >= 15 is 0 Å². The van der Waals surface area contributed by atoms with Gasteiger partial charge in [0.15, 0.2) is 0 Å². The standard InChI is InChI=1S/C17H14ClN3O/c1-22-16-9-5-3-7-12(16)15-10-14(20-17(19)21-15)11-6-2-4-8-13(11)18/h2-10H,1H3,(H2,19,20,21). The van der Waals surface area contributed by atoms with Gasteiger partial charge in [-0.1, -0.05) is 41.9 Å². The van der Waals surface area contributed by atoms with Gasteiger partial charge in [-0.2, -0.15) is 0 Å². The lowest BCUT2D eigenvalue weighted by Gasteiger charge is -2.10. The number of halogens is 1. The second-order valence-corrected chi connectivity index (χ2v) is 5.08. The molecule has 0 saturated heterocycles. The summed E-state index contributed by atoms with van der Waals surface area (Å²) in [5.41, 5.74) is 8.91. The lowest BCUT2D eigenvalue weighted by atomic mass is 10.1. The Labute approximate surface area is 133 Å². The number of rotatable bonds is 3. The third kappa shape index (κ3) is 2.73. The van der Waals surface area contributed by atoms with Gasteiger partial charge < -0.3 is 10.5 Å². The summed E-state index contributed by atoms with van der Waals surface area (Å²) < 4.78 is 5.38. The van der Waals surface area contributed by atoms with Crippen LogP contribution in [0, 0.1) is 0 Å². The van der Waals surface area contributed by atoms with Crippen LogP contribution in [0.2, 0.25) is 5.02 Å². The fourth-order valence-corrected chi connectivity index (χ4v) is 2.50. The number of para-hydroxylation sites is 1. The minimum atomic E-state index is 0.193. The van der Waals surface area contributed by atoms with Crippen LogP contribution in [0.3, 0.4) is 0 Å². The van der Waals surface area contributed by atoms with Crippen LogP contribution in [0.4, 0.5) is 5.95 Å². The van der Waals surface area contributed by atoms with E-state index in [1.165, 1.54) is 0 Å². The largest absolute Gasteiger partial charge is 0.496 e. The number of aromatic nitrogens is 2. The summed E-state index contributed by atoms with van der Waals surface area (Å²) >= 11 is 6.24. The molecule has 3 aromatic rings. The second kappa shape index (κ2) is 6.03. The Bertz CT molecular complexity index is 821. The number of nitrogens with zero attached hydrogens (tertiary/aromatic N) is 2. The first-order valence-corrected chi connectivity index (χ1v) is 7.09. The number of hydrogen-bond donors (Lipinski definition) is 1. The molecule has 3 rings (SSSR count). The van der Waals surface area contributed by atoms with Gasteiger partial charge in [0.2, 0.25) is 5.95 Å². The Morgan fingerprint density at radius 2 is 1.50 bits per heavy atom. The van der Waals surface area contributed by atoms with Crippen LogP contribution in [0.5, 0.6) is 5.75 Å². The number of ether oxygens (including phenoxy) is 1. The highest BCUT2D eigenvalue weighted by Crippen LogP contribution is 2.32. The van der Waals surface area contributed by atoms with Gasteiger partial charge >= 0.3 is 0 Å². The van der Waals surface area contributed by atoms with E-state index in [-0.39, 0.29) is 5.95 Å². The topological polar surface area (TPSA) is 61.0 Å². The summed E-state index contributed by atoms with van der Waals surface area (Å²) in [5, 5.41) is 0.617. The maximum atomic E-state index is 6.24. The van der Waals surface area contributed by atoms with E-state index in [1.807, 2.05) is 54.6 Å². The molecule has 110 valence electrons. The fraction of sp³-hybridized carbons (Fsp3) is 0.0588. The Morgan fingerprint density at radius 3 is 2.18 bits per heavy atom. The quantitative estimate of drug-likeness (QED) is 0.792. The predicted molar refractivity (Wildman–Crippen MR) is 88.9 cm³/mol. The molecule has 4 nitrogen and oxygen atoms in total. The zero-order valence-corrected chi connectivity index (χ0v) is 12.7. The van der Waals surface area contributed by atoms with Gasteiger partial charge in [-0.05, 0) is 24.3 Å². The van der Waals surface area contributed by atoms with E-state index in [0.717, 1.165) is 16.9 Å². The molecule has 0 amide bonds. The van der Waals surface area contributed by atoms with Crippen LogP contribution in [-0.4, -0.2) is 17.1 Å². The molecule has 0 aliphatic carbocycles. The van der Waals surface area contributed by atoms with Gasteiger partial charge in [-0.25, -0.2) is 9.97 Å². The highest BCUT2D eigenvalue weighted by atomic mass is 35.5. The zero-order chi connectivity index (χ0) is 15.5. The van der Waals surface area contributed by atoms with E-state index in [9.17, 15) is 0 Å². The van der Waals surface area contributed by atoms with Crippen molar-refractivity contribution in [2.75, 3.05) is 12.8 Å². The fourth-order valence-electron chi connectivity index (χ4n) is 2.27. The van der Waals surface area contributed by atoms with Crippen molar-refractivity contribution < 1.29 is 4.74 Å². The Morgan fingerprint density at radius 1 is 0.909 bits per heavy atom. The average Bonchev–Trinajstić information content (AvgIpc) is 2.54. The van der Waals surface area contributed by atoms with Crippen molar-refractivity contribution in [3.05, 3.63) is 59.6 Å². The third-order valence-corrected chi connectivity index (χ3v) is 3.61. The summed E-state index contributed by atoms with van der Waals surface area (Å²) in [4.78, 5) is 8.60. The molecule has 0 atom stereocenters. The van der Waals surface area contributed by atoms with Gasteiger partial charge in [0.25, 0.3) is 0 Å². The van der Waals surface area contributed by atoms with Crippen LogP contribution in [0.25, 0.3) is 22.5 Å². The Hall–Kier alpha value is -2.59. The first-order valence-electron chi connectivity index (χ1n) is 6.72. The summed E-state index contributed by atoms with van der Waals surface area (Å²) in [6, 6.07) is 17.0. The predicted octanol–water partition coefficient (Wildman–Crippen LogP) is 4.05. The van der Waals surface area contributed by atoms with E-state index in [1.54, 1.807) is 7.11 Å². The summed E-state index contributed by atoms with van der Waals surface area (Å²) in [7, 11) is 1.62. The number of anilines is 1. The van der Waals surface area contributed by atoms with Crippen LogP contribution in [0.1, 0.15) is 0 Å². The number of hydrogen-bond acceptors (Lipinski definition) is 4. The summed E-state index contributed by atoms with van der Waals surface area (Å²) in [6.07, 6.45) is 0. The van der Waals surface area contributed by atoms with Crippen LogP contribution in [-0.2, 0) is 0 Å². The molecule has 22 heavy (non-hydrogen) atoms. The smallest absolute Gasteiger partial charge is 0.221 e. The lowest BCUT2D eigenvalue weighted by Crippen LogP contribution is -1.99. The minimum absolute atomic E-state index is 0.193. The maximum Gasteiger partial charge on any atom is 0.221 e. The molecule has 0 saturated carbocycles. The molecular weight excluding hydrogens is 298 g/mol. The maximum absolute atomic E-state index is 6.24. The molecule has 2 N–H and O–H groups in total. The first-order chi connectivity index (χ1) is 10.7. The number of methoxy groups -OCH3 is 1. The molecule has 0 radical (unpaired) electrons. The molecule has 1 aromatic heterocycles. The van der Waals surface area contributed by atoms with Crippen LogP contribution in [0.15, 0.2) is 54.6 Å². The van der Waals surface area contributed by atoms with Gasteiger partial charge in [0, 0.05) is 16.1 Å². The Balaban J connectivity index is 2.17. The van der Waals surface area contributed by atoms with Gasteiger partial charge in [0.05, 0.1) is 18.5 Å². The number of nitrogen functional groups attached to an aromatic ring is 1. The van der Waals surface area contributed by atoms with Crippen molar-refractivity contribution in [3.8, 4) is 28.3 Å². The second-order valence-electron chi connectivity index (χ2n) is 4.68. The molecule has 0 spiro atoms. The van der Waals surface area contributed by atoms with Gasteiger partial charge in [-0.15, -0.1) is 0 Å². The van der Waals surface area contributed by atoms with Crippen molar-refractivity contribution >= 4 is 17.5 Å². The van der Waals surface area contributed by atoms with Crippen LogP contribution >= 0.6 is 11.6 Å². The zero-order valence-electron chi connectivity index (χ0n) is 12.0. The molecule has 0 bridgehead atoms. The molecular formula is C17H14ClN3O. The van der Waals surface area contributed by atoms with Gasteiger partial charge in [0.1, 0.15) is 5.75 Å². The first kappa shape index (κ1) is 14.4. The van der Waals surface area contributed by atoms with Crippen molar-refractivity contribution in [1.82, 2.24) is 9.97 Å². The van der Waals surface area contributed by atoms with Crippen molar-refractivity contribution in [2.24, 2.45) is 0 Å². The highest BCUT2D eigenvalue weighted by molar-refractivity contribution is 6.33. The normalized spacial score (nSPS) is 10.5. The third-order valence-electron chi connectivity index (χ3n) is 3.28. The molecule has 2 aromatic carbocycles. The Kier molecular flexibility index (Phi) is 3.94. The SMILES string of the molecule is COc1ccccc1-c1cc(-c2ccccc2Cl)nc(N)n1. The van der Waals surface area contributed by atoms with Gasteiger partial charge in [-0.3, -0.25) is 0 Å². The summed E-state index contributed by atoms with van der Waals surface area (Å²) in [5.74, 6) is 0.920. The monoisotopic (exact) mass is 311 g/mol. The van der Waals surface area contributed by atoms with Crippen molar-refractivity contribution in [3.63, 3.8) is 0 Å². The lowest BCUT2D eigenvalue weighted by molar-refractivity contribution is 0.416. The summed E-state index contributed by atoms with van der Waals surface area (Å²) in [6.45, 7) is 0. The molecule has 0 unspecified atom stereocenters. The number of benzene rings is 2. The molecule has 5 heteroatoms. The molecule has 0 aliphatic rings. The van der Waals surface area contributed by atoms with Crippen molar-refractivity contribution in [1.29, 1.82) is 0 Å². The number of nitrogens with two attached hydrogens (primary N) is 1. The van der Waals surface area contributed by atoms with E-state index in [4.69, 9.17) is 22.1 Å². The highest BCUT2D eigenvalue weighted by Gasteiger charge is 2.12. The average molecular weight is 312 g/mol. The molecule has 0 aliphatic heterocycles. The van der Waals surface area contributed by atoms with Crippen LogP contribution < -0.4 is 10.5 Å². The molecule has 1 heterocycles. The van der Waals surface area contributed by atoms with E-state index in [2.05, 4.69) is 9.97 Å². The van der Waals surface area contributed by atoms with E-state index < -0.39 is 0 Å². The minimum Gasteiger partial charge on any atom is -0.496 e. The van der Waals surface area contributed by atoms with Crippen molar-refractivity contribution in [2.45, 2.75) is 0 Å².